The molecule has 0 saturated heterocycles. The zero-order chi connectivity index (χ0) is 17.0. The molecule has 0 bridgehead atoms. The van der Waals surface area contributed by atoms with Crippen molar-refractivity contribution in [1.82, 2.24) is 0 Å². The van der Waals surface area contributed by atoms with Crippen molar-refractivity contribution < 1.29 is 27.6 Å². The van der Waals surface area contributed by atoms with E-state index >= 15 is 0 Å². The number of hydrogen-bond acceptors (Lipinski definition) is 5. The van der Waals surface area contributed by atoms with Gasteiger partial charge in [-0.1, -0.05) is 5.16 Å². The summed E-state index contributed by atoms with van der Waals surface area (Å²) in [6.45, 7) is 0. The van der Waals surface area contributed by atoms with Gasteiger partial charge in [-0.15, -0.1) is 0 Å². The Labute approximate surface area is 127 Å². The van der Waals surface area contributed by atoms with Crippen molar-refractivity contribution in [3.8, 4) is 6.07 Å². The van der Waals surface area contributed by atoms with Gasteiger partial charge in [-0.05, 0) is 44.4 Å². The zero-order valence-electron chi connectivity index (χ0n) is 12.4. The van der Waals surface area contributed by atoms with E-state index in [9.17, 15) is 13.2 Å². The second-order valence-corrected chi connectivity index (χ2v) is 5.00. The summed E-state index contributed by atoms with van der Waals surface area (Å²) in [5.41, 5.74) is 0.978. The quantitative estimate of drug-likeness (QED) is 0.727. The van der Waals surface area contributed by atoms with Gasteiger partial charge in [0.05, 0.1) is 11.8 Å². The average molecular weight is 320 g/mol. The van der Waals surface area contributed by atoms with Crippen LogP contribution < -0.4 is 0 Å². The van der Waals surface area contributed by atoms with Gasteiger partial charge in [-0.3, -0.25) is 0 Å². The van der Waals surface area contributed by atoms with Crippen LogP contribution in [-0.2, 0) is 14.4 Å². The molecule has 1 aliphatic carbocycles. The Morgan fingerprint density at radius 1 is 1.36 bits per heavy atom. The summed E-state index contributed by atoms with van der Waals surface area (Å²) < 4.78 is 36.2. The highest BCUT2D eigenvalue weighted by molar-refractivity contribution is 5.84. The first kappa shape index (κ1) is 20.1. The van der Waals surface area contributed by atoms with E-state index in [1.165, 1.54) is 7.11 Å². The van der Waals surface area contributed by atoms with Gasteiger partial charge >= 0.3 is 12.3 Å². The molecule has 0 heterocycles. The third kappa shape index (κ3) is 9.14. The molecular weight excluding hydrogens is 301 g/mol. The summed E-state index contributed by atoms with van der Waals surface area (Å²) in [5.74, 6) is -0.0829. The molecule has 0 amide bonds. The molecule has 0 aromatic heterocycles. The summed E-state index contributed by atoms with van der Waals surface area (Å²) >= 11 is 0. The first-order valence-corrected chi connectivity index (χ1v) is 6.92. The minimum absolute atomic E-state index is 0.0389. The molecule has 5 nitrogen and oxygen atoms in total. The monoisotopic (exact) mass is 320 g/mol. The third-order valence-electron chi connectivity index (χ3n) is 3.54. The number of rotatable bonds is 5. The highest BCUT2D eigenvalue weighted by Crippen LogP contribution is 2.33. The Morgan fingerprint density at radius 2 is 1.91 bits per heavy atom. The molecule has 0 N–H and O–H groups in total. The first-order valence-electron chi connectivity index (χ1n) is 6.92. The van der Waals surface area contributed by atoms with Crippen molar-refractivity contribution in [1.29, 1.82) is 5.26 Å². The molecule has 1 unspecified atom stereocenters. The van der Waals surface area contributed by atoms with Crippen LogP contribution in [0.5, 0.6) is 0 Å². The van der Waals surface area contributed by atoms with E-state index in [1.807, 2.05) is 0 Å². The van der Waals surface area contributed by atoms with E-state index in [0.29, 0.717) is 6.42 Å². The summed E-state index contributed by atoms with van der Waals surface area (Å²) in [6, 6.07) is 2.17. The van der Waals surface area contributed by atoms with Gasteiger partial charge in [-0.2, -0.15) is 28.0 Å². The van der Waals surface area contributed by atoms with E-state index in [1.54, 1.807) is 0 Å². The van der Waals surface area contributed by atoms with Crippen molar-refractivity contribution in [3.05, 3.63) is 0 Å². The van der Waals surface area contributed by atoms with Crippen LogP contribution >= 0.6 is 0 Å². The number of oxime groups is 1. The Kier molecular flexibility index (Phi) is 9.88. The molecule has 124 valence electrons. The second-order valence-electron chi connectivity index (χ2n) is 5.00. The Hall–Kier alpha value is -1.87. The predicted molar refractivity (Wildman–Crippen MR) is 70.4 cm³/mol. The van der Waals surface area contributed by atoms with Gasteiger partial charge in [0, 0.05) is 12.3 Å². The lowest BCUT2D eigenvalue weighted by molar-refractivity contribution is -0.191. The molecule has 22 heavy (non-hydrogen) atoms. The van der Waals surface area contributed by atoms with Crippen LogP contribution in [0.15, 0.2) is 5.16 Å². The molecule has 8 heteroatoms. The van der Waals surface area contributed by atoms with Gasteiger partial charge in [0.1, 0.15) is 7.11 Å². The van der Waals surface area contributed by atoms with E-state index in [0.717, 1.165) is 31.4 Å². The van der Waals surface area contributed by atoms with Crippen LogP contribution in [0.2, 0.25) is 0 Å². The predicted octanol–water partition coefficient (Wildman–Crippen LogP) is 3.47. The van der Waals surface area contributed by atoms with E-state index in [2.05, 4.69) is 11.2 Å². The van der Waals surface area contributed by atoms with Gasteiger partial charge in [-0.25, -0.2) is 0 Å². The fourth-order valence-electron chi connectivity index (χ4n) is 2.52. The number of nitrogens with zero attached hydrogens (tertiary/aromatic N) is 2. The minimum atomic E-state index is -4.12. The summed E-state index contributed by atoms with van der Waals surface area (Å²) in [5, 5.41) is 13.0. The number of nitriles is 1. The highest BCUT2D eigenvalue weighted by Gasteiger charge is 2.29. The van der Waals surface area contributed by atoms with E-state index < -0.39 is 12.6 Å². The van der Waals surface area contributed by atoms with Crippen molar-refractivity contribution in [2.75, 3.05) is 7.11 Å². The Morgan fingerprint density at radius 3 is 2.32 bits per heavy atom. The molecule has 0 aromatic carbocycles. The summed E-state index contributed by atoms with van der Waals surface area (Å²) in [7, 11) is 1.49. The molecule has 1 saturated carbocycles. The van der Waals surface area contributed by atoms with E-state index in [4.69, 9.17) is 19.7 Å². The molecular formula is C14H19F3N2O3. The van der Waals surface area contributed by atoms with Crippen molar-refractivity contribution in [3.63, 3.8) is 0 Å². The van der Waals surface area contributed by atoms with Crippen LogP contribution in [-0.4, -0.2) is 25.1 Å². The molecule has 1 rings (SSSR count). The number of alkyl halides is 3. The lowest BCUT2D eigenvalue weighted by Gasteiger charge is -2.26. The van der Waals surface area contributed by atoms with Gasteiger partial charge in [0.25, 0.3) is 0 Å². The molecule has 0 spiro atoms. The smallest absolute Gasteiger partial charge is 0.389 e. The summed E-state index contributed by atoms with van der Waals surface area (Å²) in [4.78, 5) is 21.0. The molecule has 0 radical (unpaired) electrons. The number of halogens is 3. The number of carbonyl (C=O) groups excluding carboxylic acids is 2. The molecule has 0 aliphatic heterocycles. The molecule has 0 aromatic rings. The van der Waals surface area contributed by atoms with Gasteiger partial charge < -0.3 is 4.84 Å². The van der Waals surface area contributed by atoms with Crippen molar-refractivity contribution in [2.45, 2.75) is 51.1 Å². The largest absolute Gasteiger partial charge is 0.399 e. The maximum Gasteiger partial charge on any atom is 0.389 e. The Bertz CT molecular complexity index is 414. The van der Waals surface area contributed by atoms with Crippen LogP contribution in [0.1, 0.15) is 44.9 Å². The highest BCUT2D eigenvalue weighted by atomic mass is 19.4. The van der Waals surface area contributed by atoms with Crippen molar-refractivity contribution >= 4 is 11.9 Å². The molecule has 1 fully saturated rings. The standard InChI is InChI=1S/C13H19F3N2O.CO2/c1-19-18-12-6-4-10(5-7-12)11(9-17)3-2-8-13(14,15)16;2-1-3/h10-11H,2-8H2,1H3;. The minimum Gasteiger partial charge on any atom is -0.399 e. The lowest BCUT2D eigenvalue weighted by Crippen LogP contribution is -2.21. The van der Waals surface area contributed by atoms with Crippen LogP contribution in [0.3, 0.4) is 0 Å². The van der Waals surface area contributed by atoms with Crippen LogP contribution in [0.4, 0.5) is 13.2 Å². The average Bonchev–Trinajstić information content (AvgIpc) is 2.45. The number of hydrogen-bond donors (Lipinski definition) is 0. The fourth-order valence-corrected chi connectivity index (χ4v) is 2.52. The van der Waals surface area contributed by atoms with Crippen LogP contribution in [0.25, 0.3) is 0 Å². The topological polar surface area (TPSA) is 79.5 Å². The maximum atomic E-state index is 12.1. The zero-order valence-corrected chi connectivity index (χ0v) is 12.4. The Balaban J connectivity index is 0.00000135. The molecule has 1 aliphatic rings. The first-order chi connectivity index (χ1) is 10.4. The maximum absolute atomic E-state index is 12.1. The fraction of sp³-hybridized carbons (Fsp3) is 0.786. The summed E-state index contributed by atoms with van der Waals surface area (Å²) in [6.07, 6.45) is -1.13. The SMILES string of the molecule is CON=C1CCC(C(C#N)CCCC(F)(F)F)CC1.O=C=O. The molecule has 1 atom stereocenters. The third-order valence-corrected chi connectivity index (χ3v) is 3.54. The van der Waals surface area contributed by atoms with Crippen LogP contribution in [0, 0.1) is 23.2 Å². The van der Waals surface area contributed by atoms with Crippen molar-refractivity contribution in [2.24, 2.45) is 17.0 Å². The van der Waals surface area contributed by atoms with Gasteiger partial charge in [0.15, 0.2) is 0 Å². The normalized spacial score (nSPS) is 19.0. The van der Waals surface area contributed by atoms with E-state index in [-0.39, 0.29) is 24.4 Å². The second kappa shape index (κ2) is 10.8. The lowest BCUT2D eigenvalue weighted by atomic mass is 9.78. The van der Waals surface area contributed by atoms with Gasteiger partial charge in [0.2, 0.25) is 0 Å².